The Morgan fingerprint density at radius 3 is 2.48 bits per heavy atom. The van der Waals surface area contributed by atoms with Crippen LogP contribution in [0.5, 0.6) is 5.75 Å². The molecule has 0 radical (unpaired) electrons. The van der Waals surface area contributed by atoms with Crippen LogP contribution in [0.4, 0.5) is 11.5 Å². The average Bonchev–Trinajstić information content (AvgIpc) is 3.84. The van der Waals surface area contributed by atoms with E-state index in [0.29, 0.717) is 61.5 Å². The zero-order valence-corrected chi connectivity index (χ0v) is 34.9. The van der Waals surface area contributed by atoms with Gasteiger partial charge in [0.1, 0.15) is 35.0 Å². The summed E-state index contributed by atoms with van der Waals surface area (Å²) >= 11 is 7.96. The number of aromatic nitrogens is 3. The number of Topliss-reactive ketones (excluding diaryl/α,β-unsaturated/α-hetero) is 1. The molecule has 0 unspecified atom stereocenters. The molecule has 3 aromatic carbocycles. The zero-order valence-electron chi connectivity index (χ0n) is 32.3. The Morgan fingerprint density at radius 1 is 0.914 bits per heavy atom. The number of amides is 1. The van der Waals surface area contributed by atoms with Gasteiger partial charge >= 0.3 is 0 Å². The van der Waals surface area contributed by atoms with Crippen molar-refractivity contribution in [2.45, 2.75) is 46.1 Å². The molecule has 11 nitrogen and oxygen atoms in total. The molecule has 298 valence electrons. The lowest BCUT2D eigenvalue weighted by molar-refractivity contribution is -0.117. The summed E-state index contributed by atoms with van der Waals surface area (Å²) in [5.74, 6) is 2.05. The van der Waals surface area contributed by atoms with Crippen molar-refractivity contribution in [3.63, 3.8) is 0 Å². The lowest BCUT2D eigenvalue weighted by Gasteiger charge is -2.14. The molecule has 0 fully saturated rings. The van der Waals surface area contributed by atoms with Gasteiger partial charge in [0.05, 0.1) is 32.0 Å². The molecule has 2 aliphatic rings. The van der Waals surface area contributed by atoms with Crippen LogP contribution in [0.1, 0.15) is 56.7 Å². The Labute approximate surface area is 352 Å². The lowest BCUT2D eigenvalue weighted by atomic mass is 9.99. The SMILES string of the molecule is Cc1sc2c(c1C)C(c1ccc(Cl)cc1)=N[C@@H](CC(=O)Nc1ccc(OCCOCCONc3ncccc3-c3ccc4c(c3)CC(=O)C4)cc1)c1ncc(C)n1-2.S. The van der Waals surface area contributed by atoms with Crippen LogP contribution in [0.2, 0.25) is 5.02 Å². The van der Waals surface area contributed by atoms with Gasteiger partial charge in [-0.2, -0.15) is 13.5 Å². The predicted molar refractivity (Wildman–Crippen MR) is 234 cm³/mol. The molecule has 1 aliphatic carbocycles. The Balaban J connectivity index is 0.00000512. The van der Waals surface area contributed by atoms with Crippen molar-refractivity contribution >= 4 is 65.3 Å². The van der Waals surface area contributed by atoms with Gasteiger partial charge in [-0.25, -0.2) is 15.4 Å². The van der Waals surface area contributed by atoms with Crippen LogP contribution in [0.25, 0.3) is 16.1 Å². The summed E-state index contributed by atoms with van der Waals surface area (Å²) in [7, 11) is 0. The van der Waals surface area contributed by atoms with Crippen molar-refractivity contribution in [1.82, 2.24) is 14.5 Å². The number of imidazole rings is 1. The third-order valence-corrected chi connectivity index (χ3v) is 11.5. The lowest BCUT2D eigenvalue weighted by Crippen LogP contribution is -2.17. The van der Waals surface area contributed by atoms with Gasteiger partial charge in [-0.05, 0) is 91.6 Å². The number of hydrogen-bond donors (Lipinski definition) is 2. The fourth-order valence-corrected chi connectivity index (χ4v) is 8.49. The van der Waals surface area contributed by atoms with Crippen LogP contribution >= 0.6 is 36.4 Å². The number of anilines is 2. The van der Waals surface area contributed by atoms with Crippen molar-refractivity contribution in [3.8, 4) is 21.9 Å². The van der Waals surface area contributed by atoms with E-state index in [4.69, 9.17) is 35.9 Å². The number of carbonyl (C=O) groups is 2. The summed E-state index contributed by atoms with van der Waals surface area (Å²) in [4.78, 5) is 46.7. The van der Waals surface area contributed by atoms with Crippen molar-refractivity contribution in [3.05, 3.63) is 140 Å². The first-order valence-electron chi connectivity index (χ1n) is 18.8. The molecule has 6 aromatic rings. The smallest absolute Gasteiger partial charge is 0.227 e. The number of hydrogen-bond acceptors (Lipinski definition) is 10. The number of pyridine rings is 1. The predicted octanol–water partition coefficient (Wildman–Crippen LogP) is 8.71. The van der Waals surface area contributed by atoms with E-state index in [-0.39, 0.29) is 31.6 Å². The molecule has 14 heteroatoms. The van der Waals surface area contributed by atoms with E-state index in [1.807, 2.05) is 85.9 Å². The van der Waals surface area contributed by atoms with Crippen LogP contribution in [0.3, 0.4) is 0 Å². The van der Waals surface area contributed by atoms with E-state index in [1.165, 1.54) is 4.88 Å². The highest BCUT2D eigenvalue weighted by molar-refractivity contribution is 7.59. The summed E-state index contributed by atoms with van der Waals surface area (Å²) in [6.45, 7) is 7.62. The topological polar surface area (TPSA) is 129 Å². The van der Waals surface area contributed by atoms with Gasteiger partial charge in [0.2, 0.25) is 5.91 Å². The van der Waals surface area contributed by atoms with Gasteiger partial charge < -0.3 is 14.8 Å². The van der Waals surface area contributed by atoms with Gasteiger partial charge in [0, 0.05) is 63.2 Å². The minimum atomic E-state index is -0.510. The van der Waals surface area contributed by atoms with Crippen molar-refractivity contribution in [2.24, 2.45) is 4.99 Å². The number of thiophene rings is 1. The highest BCUT2D eigenvalue weighted by Gasteiger charge is 2.32. The molecule has 1 aliphatic heterocycles. The van der Waals surface area contributed by atoms with E-state index in [0.717, 1.165) is 61.2 Å². The van der Waals surface area contributed by atoms with Crippen LogP contribution in [-0.4, -0.2) is 58.4 Å². The van der Waals surface area contributed by atoms with E-state index in [1.54, 1.807) is 17.5 Å². The molecule has 0 bridgehead atoms. The van der Waals surface area contributed by atoms with Crippen molar-refractivity contribution < 1.29 is 23.9 Å². The number of nitrogens with one attached hydrogen (secondary N) is 2. The molecular formula is C44H43ClN6O5S2. The average molecular weight is 835 g/mol. The minimum absolute atomic E-state index is 0. The molecule has 3 aromatic heterocycles. The van der Waals surface area contributed by atoms with E-state index in [2.05, 4.69) is 40.3 Å². The van der Waals surface area contributed by atoms with Crippen molar-refractivity contribution in [2.75, 3.05) is 37.2 Å². The Kier molecular flexibility index (Phi) is 12.7. The highest BCUT2D eigenvalue weighted by Crippen LogP contribution is 2.40. The summed E-state index contributed by atoms with van der Waals surface area (Å²) in [6, 6.07) is 24.3. The number of benzene rings is 3. The van der Waals surface area contributed by atoms with E-state index < -0.39 is 6.04 Å². The Hall–Kier alpha value is -5.31. The second-order valence-corrected chi connectivity index (χ2v) is 15.7. The molecule has 1 amide bonds. The molecule has 4 heterocycles. The third-order valence-electron chi connectivity index (χ3n) is 10.1. The number of ether oxygens (including phenoxy) is 2. The number of rotatable bonds is 14. The third kappa shape index (κ3) is 8.88. The largest absolute Gasteiger partial charge is 0.491 e. The number of aliphatic imine (C=N–C) groups is 1. The van der Waals surface area contributed by atoms with Crippen molar-refractivity contribution in [1.29, 1.82) is 0 Å². The van der Waals surface area contributed by atoms with Gasteiger partial charge in [0.25, 0.3) is 0 Å². The molecule has 1 atom stereocenters. The number of aryl methyl sites for hydroxylation is 2. The summed E-state index contributed by atoms with van der Waals surface area (Å²) in [5.41, 5.74) is 12.6. The number of ketones is 1. The second-order valence-electron chi connectivity index (χ2n) is 14.0. The number of carbonyl (C=O) groups excluding carboxylic acids is 2. The highest BCUT2D eigenvalue weighted by atomic mass is 35.5. The fraction of sp³-hybridized carbons (Fsp3) is 0.250. The van der Waals surface area contributed by atoms with Gasteiger partial charge in [-0.3, -0.25) is 24.0 Å². The first-order valence-corrected chi connectivity index (χ1v) is 20.0. The first kappa shape index (κ1) is 40.9. The maximum Gasteiger partial charge on any atom is 0.227 e. The molecule has 0 saturated heterocycles. The van der Waals surface area contributed by atoms with E-state index in [9.17, 15) is 9.59 Å². The molecule has 8 rings (SSSR count). The zero-order chi connectivity index (χ0) is 39.5. The Morgan fingerprint density at radius 2 is 1.67 bits per heavy atom. The fourth-order valence-electron chi connectivity index (χ4n) is 7.14. The summed E-state index contributed by atoms with van der Waals surface area (Å²) in [6.07, 6.45) is 4.63. The van der Waals surface area contributed by atoms with Gasteiger partial charge in [-0.1, -0.05) is 41.9 Å². The van der Waals surface area contributed by atoms with Crippen LogP contribution in [0.15, 0.2) is 96.2 Å². The number of halogens is 1. The molecule has 58 heavy (non-hydrogen) atoms. The van der Waals surface area contributed by atoms with Crippen LogP contribution in [-0.2, 0) is 32.0 Å². The maximum atomic E-state index is 13.5. The monoisotopic (exact) mass is 834 g/mol. The van der Waals surface area contributed by atoms with E-state index >= 15 is 0 Å². The van der Waals surface area contributed by atoms with Gasteiger partial charge in [-0.15, -0.1) is 11.3 Å². The van der Waals surface area contributed by atoms with Crippen LogP contribution in [0, 0.1) is 20.8 Å². The Bertz CT molecular complexity index is 2480. The molecular weight excluding hydrogens is 792 g/mol. The minimum Gasteiger partial charge on any atom is -0.491 e. The summed E-state index contributed by atoms with van der Waals surface area (Å²) in [5, 5.41) is 4.73. The number of fused-ring (bicyclic) bond motifs is 4. The maximum absolute atomic E-state index is 13.5. The molecule has 0 saturated carbocycles. The summed E-state index contributed by atoms with van der Waals surface area (Å²) < 4.78 is 13.7. The van der Waals surface area contributed by atoms with Gasteiger partial charge in [0.15, 0.2) is 5.82 Å². The standard InChI is InChI=1S/C44H41ClN6O5S.H2S/c1-26-25-47-43-38(49-41(29-8-10-33(45)11-9-29)40-27(2)28(3)57-44(40)51(26)43)24-39(53)48-34-12-14-36(15-13-34)55-19-17-54-18-20-56-50-42-37(5-4-16-46-42)31-7-6-30-22-35(52)23-32(30)21-31;/h4-16,21,25,38H,17-20,22-24H2,1-3H3,(H,46,50)(H,48,53);1H2/t38-;/m0./s1. The van der Waals surface area contributed by atoms with Crippen LogP contribution < -0.4 is 15.5 Å². The normalized spacial score (nSPS) is 14.1. The molecule has 0 spiro atoms. The number of nitrogens with zero attached hydrogens (tertiary/aromatic N) is 4. The first-order chi connectivity index (χ1) is 27.7. The quantitative estimate of drug-likeness (QED) is 0.0824. The second kappa shape index (κ2) is 18.1. The molecule has 2 N–H and O–H groups in total.